The maximum atomic E-state index is 11.8. The van der Waals surface area contributed by atoms with Gasteiger partial charge in [0, 0.05) is 13.1 Å². The van der Waals surface area contributed by atoms with Crippen LogP contribution in [0.3, 0.4) is 0 Å². The minimum atomic E-state index is -0.480. The summed E-state index contributed by atoms with van der Waals surface area (Å²) in [4.78, 5) is 25.3. The number of ether oxygens (including phenoxy) is 1. The molecule has 7 heteroatoms. The second-order valence-electron chi connectivity index (χ2n) is 4.93. The topological polar surface area (TPSA) is 83.8 Å². The summed E-state index contributed by atoms with van der Waals surface area (Å²) in [5, 5.41) is 0. The predicted octanol–water partition coefficient (Wildman–Crippen LogP) is 0.150. The molecule has 0 radical (unpaired) electrons. The Kier molecular flexibility index (Phi) is 4.75. The predicted molar refractivity (Wildman–Crippen MR) is 70.8 cm³/mol. The lowest BCUT2D eigenvalue weighted by Crippen LogP contribution is -2.51. The van der Waals surface area contributed by atoms with Gasteiger partial charge in [0.05, 0.1) is 25.0 Å². The summed E-state index contributed by atoms with van der Waals surface area (Å²) in [6.07, 6.45) is 1.60. The van der Waals surface area contributed by atoms with E-state index in [1.807, 2.05) is 18.7 Å². The van der Waals surface area contributed by atoms with Gasteiger partial charge >= 0.3 is 5.91 Å². The van der Waals surface area contributed by atoms with Crippen LogP contribution >= 0.6 is 0 Å². The number of nitrogens with zero attached hydrogens (tertiary/aromatic N) is 1. The van der Waals surface area contributed by atoms with E-state index in [1.54, 1.807) is 6.07 Å². The van der Waals surface area contributed by atoms with E-state index < -0.39 is 5.91 Å². The fraction of sp³-hybridized carbons (Fsp3) is 0.538. The van der Waals surface area contributed by atoms with Gasteiger partial charge in [0.1, 0.15) is 0 Å². The van der Waals surface area contributed by atoms with Crippen molar-refractivity contribution >= 4 is 11.8 Å². The van der Waals surface area contributed by atoms with Gasteiger partial charge in [-0.2, -0.15) is 0 Å². The smallest absolute Gasteiger partial charge is 0.305 e. The average Bonchev–Trinajstić information content (AvgIpc) is 2.88. The third-order valence-electron chi connectivity index (χ3n) is 2.92. The number of amides is 2. The van der Waals surface area contributed by atoms with Gasteiger partial charge in [-0.3, -0.25) is 25.3 Å². The third-order valence-corrected chi connectivity index (χ3v) is 2.92. The van der Waals surface area contributed by atoms with Crippen LogP contribution in [-0.4, -0.2) is 48.6 Å². The molecular weight excluding hydrogens is 262 g/mol. The van der Waals surface area contributed by atoms with E-state index in [-0.39, 0.29) is 30.4 Å². The zero-order valence-electron chi connectivity index (χ0n) is 11.6. The molecule has 1 saturated heterocycles. The van der Waals surface area contributed by atoms with Crippen LogP contribution < -0.4 is 10.9 Å². The SMILES string of the molecule is C[C@H]1CN(CC(=O)NNC(=O)c2ccco2)C[C@H](C)O1. The van der Waals surface area contributed by atoms with Crippen molar-refractivity contribution in [2.75, 3.05) is 19.6 Å². The molecule has 1 aromatic heterocycles. The first-order valence-corrected chi connectivity index (χ1v) is 6.55. The van der Waals surface area contributed by atoms with Gasteiger partial charge in [0.15, 0.2) is 5.76 Å². The molecule has 110 valence electrons. The highest BCUT2D eigenvalue weighted by Gasteiger charge is 2.23. The van der Waals surface area contributed by atoms with Gasteiger partial charge in [-0.15, -0.1) is 0 Å². The number of hydrazine groups is 1. The summed E-state index contributed by atoms with van der Waals surface area (Å²) in [7, 11) is 0. The summed E-state index contributed by atoms with van der Waals surface area (Å²) < 4.78 is 10.5. The van der Waals surface area contributed by atoms with Gasteiger partial charge < -0.3 is 9.15 Å². The molecule has 2 atom stereocenters. The Morgan fingerprint density at radius 3 is 2.60 bits per heavy atom. The van der Waals surface area contributed by atoms with Crippen LogP contribution in [-0.2, 0) is 9.53 Å². The summed E-state index contributed by atoms with van der Waals surface area (Å²) in [6, 6.07) is 3.13. The first-order valence-electron chi connectivity index (χ1n) is 6.55. The van der Waals surface area contributed by atoms with Crippen molar-refractivity contribution in [2.45, 2.75) is 26.1 Å². The Morgan fingerprint density at radius 1 is 1.30 bits per heavy atom. The Bertz CT molecular complexity index is 450. The summed E-state index contributed by atoms with van der Waals surface area (Å²) in [5.41, 5.74) is 4.67. The largest absolute Gasteiger partial charge is 0.459 e. The highest BCUT2D eigenvalue weighted by Crippen LogP contribution is 2.09. The molecule has 1 aliphatic rings. The Hall–Kier alpha value is -1.86. The lowest BCUT2D eigenvalue weighted by molar-refractivity contribution is -0.126. The van der Waals surface area contributed by atoms with Crippen LogP contribution in [0.4, 0.5) is 0 Å². The number of nitrogens with one attached hydrogen (secondary N) is 2. The summed E-state index contributed by atoms with van der Waals surface area (Å²) in [6.45, 7) is 5.56. The molecule has 2 N–H and O–H groups in total. The Labute approximate surface area is 117 Å². The molecule has 7 nitrogen and oxygen atoms in total. The van der Waals surface area contributed by atoms with E-state index in [2.05, 4.69) is 10.9 Å². The van der Waals surface area contributed by atoms with Crippen molar-refractivity contribution in [1.29, 1.82) is 0 Å². The zero-order valence-corrected chi connectivity index (χ0v) is 11.6. The zero-order chi connectivity index (χ0) is 14.5. The van der Waals surface area contributed by atoms with Gasteiger partial charge in [-0.05, 0) is 26.0 Å². The van der Waals surface area contributed by atoms with E-state index in [0.717, 1.165) is 0 Å². The fourth-order valence-corrected chi connectivity index (χ4v) is 2.25. The molecule has 0 bridgehead atoms. The number of furan rings is 1. The number of hydrogen-bond donors (Lipinski definition) is 2. The molecule has 1 fully saturated rings. The van der Waals surface area contributed by atoms with Gasteiger partial charge in [0.2, 0.25) is 0 Å². The molecule has 2 rings (SSSR count). The number of carbonyl (C=O) groups excluding carboxylic acids is 2. The van der Waals surface area contributed by atoms with Crippen molar-refractivity contribution in [3.63, 3.8) is 0 Å². The lowest BCUT2D eigenvalue weighted by Gasteiger charge is -2.34. The second-order valence-corrected chi connectivity index (χ2v) is 4.93. The first kappa shape index (κ1) is 14.5. The Balaban J connectivity index is 1.74. The Morgan fingerprint density at radius 2 is 2.00 bits per heavy atom. The number of rotatable bonds is 3. The first-order chi connectivity index (χ1) is 9.54. The molecule has 0 aliphatic carbocycles. The normalized spacial score (nSPS) is 23.3. The van der Waals surface area contributed by atoms with Gasteiger partial charge in [0.25, 0.3) is 5.91 Å². The highest BCUT2D eigenvalue weighted by atomic mass is 16.5. The van der Waals surface area contributed by atoms with Crippen molar-refractivity contribution in [1.82, 2.24) is 15.8 Å². The van der Waals surface area contributed by atoms with Crippen LogP contribution in [0.2, 0.25) is 0 Å². The standard InChI is InChI=1S/C13H19N3O4/c1-9-6-16(7-10(2)20-9)8-12(17)14-15-13(18)11-4-3-5-19-11/h3-5,9-10H,6-8H2,1-2H3,(H,14,17)(H,15,18)/t9-,10-/m0/s1. The fourth-order valence-electron chi connectivity index (χ4n) is 2.25. The maximum absolute atomic E-state index is 11.8. The monoisotopic (exact) mass is 281 g/mol. The molecule has 2 heterocycles. The quantitative estimate of drug-likeness (QED) is 0.771. The van der Waals surface area contributed by atoms with Crippen LogP contribution in [0.1, 0.15) is 24.4 Å². The van der Waals surface area contributed by atoms with Crippen molar-refractivity contribution < 1.29 is 18.7 Å². The van der Waals surface area contributed by atoms with E-state index in [0.29, 0.717) is 13.1 Å². The van der Waals surface area contributed by atoms with E-state index >= 15 is 0 Å². The number of morpholine rings is 1. The number of hydrogen-bond acceptors (Lipinski definition) is 5. The molecule has 2 amide bonds. The number of carbonyl (C=O) groups is 2. The molecule has 1 aliphatic heterocycles. The van der Waals surface area contributed by atoms with Crippen LogP contribution in [0.25, 0.3) is 0 Å². The van der Waals surface area contributed by atoms with Crippen molar-refractivity contribution in [3.05, 3.63) is 24.2 Å². The minimum absolute atomic E-state index is 0.101. The third kappa shape index (κ3) is 4.07. The van der Waals surface area contributed by atoms with E-state index in [1.165, 1.54) is 12.3 Å². The van der Waals surface area contributed by atoms with E-state index in [9.17, 15) is 9.59 Å². The van der Waals surface area contributed by atoms with Crippen LogP contribution in [0.5, 0.6) is 0 Å². The van der Waals surface area contributed by atoms with Crippen LogP contribution in [0.15, 0.2) is 22.8 Å². The molecule has 0 saturated carbocycles. The van der Waals surface area contributed by atoms with Gasteiger partial charge in [-0.25, -0.2) is 0 Å². The van der Waals surface area contributed by atoms with Crippen molar-refractivity contribution in [3.8, 4) is 0 Å². The molecular formula is C13H19N3O4. The second kappa shape index (κ2) is 6.53. The molecule has 0 aromatic carbocycles. The minimum Gasteiger partial charge on any atom is -0.459 e. The molecule has 0 unspecified atom stereocenters. The molecule has 0 spiro atoms. The lowest BCUT2D eigenvalue weighted by atomic mass is 10.2. The van der Waals surface area contributed by atoms with E-state index in [4.69, 9.17) is 9.15 Å². The van der Waals surface area contributed by atoms with Crippen molar-refractivity contribution in [2.24, 2.45) is 0 Å². The summed E-state index contributed by atoms with van der Waals surface area (Å²) >= 11 is 0. The average molecular weight is 281 g/mol. The maximum Gasteiger partial charge on any atom is 0.305 e. The summed E-state index contributed by atoms with van der Waals surface area (Å²) in [5.74, 6) is -0.600. The highest BCUT2D eigenvalue weighted by molar-refractivity contribution is 5.93. The molecule has 1 aromatic rings. The van der Waals surface area contributed by atoms with Gasteiger partial charge in [-0.1, -0.05) is 0 Å². The van der Waals surface area contributed by atoms with Crippen LogP contribution in [0, 0.1) is 0 Å². The molecule has 20 heavy (non-hydrogen) atoms.